The molecule has 0 spiro atoms. The van der Waals surface area contributed by atoms with Crippen molar-refractivity contribution in [3.05, 3.63) is 17.9 Å². The van der Waals surface area contributed by atoms with Crippen molar-refractivity contribution in [2.45, 2.75) is 6.92 Å². The second kappa shape index (κ2) is 4.30. The van der Waals surface area contributed by atoms with E-state index in [0.29, 0.717) is 6.61 Å². The maximum Gasteiger partial charge on any atom is 0.491 e. The molecule has 0 aromatic heterocycles. The van der Waals surface area contributed by atoms with Gasteiger partial charge in [0, 0.05) is 11.5 Å². The third kappa shape index (κ3) is 2.15. The van der Waals surface area contributed by atoms with Crippen LogP contribution in [0.4, 0.5) is 4.39 Å². The number of rotatable bonds is 3. The molecule has 1 aromatic rings. The monoisotopic (exact) mass is 200 g/mol. The molecule has 0 aliphatic heterocycles. The quantitative estimate of drug-likeness (QED) is 0.581. The molecule has 0 aliphatic rings. The molecule has 3 N–H and O–H groups in total. The first-order chi connectivity index (χ1) is 6.56. The predicted octanol–water partition coefficient (Wildman–Crippen LogP) is -0.390. The van der Waals surface area contributed by atoms with Crippen molar-refractivity contribution in [2.24, 2.45) is 0 Å². The number of phenolic OH excluding ortho intramolecular Hbond substituents is 1. The fourth-order valence-electron chi connectivity index (χ4n) is 1.04. The Morgan fingerprint density at radius 2 is 2.07 bits per heavy atom. The Morgan fingerprint density at radius 3 is 2.57 bits per heavy atom. The van der Waals surface area contributed by atoms with Gasteiger partial charge in [0.2, 0.25) is 0 Å². The minimum atomic E-state index is -1.97. The van der Waals surface area contributed by atoms with Crippen molar-refractivity contribution in [3.63, 3.8) is 0 Å². The van der Waals surface area contributed by atoms with Crippen molar-refractivity contribution in [1.82, 2.24) is 0 Å². The molecule has 1 rings (SSSR count). The highest BCUT2D eigenvalue weighted by Gasteiger charge is 2.20. The lowest BCUT2D eigenvalue weighted by molar-refractivity contribution is 0.335. The second-order valence-corrected chi connectivity index (χ2v) is 2.65. The predicted molar refractivity (Wildman–Crippen MR) is 49.1 cm³/mol. The first-order valence-corrected chi connectivity index (χ1v) is 4.07. The van der Waals surface area contributed by atoms with E-state index in [1.165, 1.54) is 0 Å². The van der Waals surface area contributed by atoms with E-state index in [2.05, 4.69) is 0 Å². The van der Waals surface area contributed by atoms with E-state index in [-0.39, 0.29) is 5.75 Å². The summed E-state index contributed by atoms with van der Waals surface area (Å²) >= 11 is 0. The summed E-state index contributed by atoms with van der Waals surface area (Å²) in [6.45, 7) is 2.06. The van der Waals surface area contributed by atoms with Crippen LogP contribution in [0.1, 0.15) is 6.92 Å². The van der Waals surface area contributed by atoms with Crippen LogP contribution in [0.2, 0.25) is 0 Å². The van der Waals surface area contributed by atoms with E-state index in [1.807, 2.05) is 0 Å². The van der Waals surface area contributed by atoms with E-state index < -0.39 is 24.1 Å². The summed E-state index contributed by atoms with van der Waals surface area (Å²) < 4.78 is 18.0. The van der Waals surface area contributed by atoms with Crippen LogP contribution in [0.3, 0.4) is 0 Å². The van der Waals surface area contributed by atoms with Gasteiger partial charge in [-0.05, 0) is 13.0 Å². The zero-order chi connectivity index (χ0) is 10.7. The Balaban J connectivity index is 3.14. The normalized spacial score (nSPS) is 10.0. The van der Waals surface area contributed by atoms with Gasteiger partial charge in [0.15, 0.2) is 11.6 Å². The van der Waals surface area contributed by atoms with Crippen LogP contribution in [-0.4, -0.2) is 28.9 Å². The first-order valence-electron chi connectivity index (χ1n) is 4.07. The molecular formula is C8H10BFO4. The number of benzene rings is 1. The minimum absolute atomic E-state index is 0.189. The van der Waals surface area contributed by atoms with E-state index in [9.17, 15) is 4.39 Å². The topological polar surface area (TPSA) is 69.9 Å². The van der Waals surface area contributed by atoms with Gasteiger partial charge in [0.1, 0.15) is 5.75 Å². The summed E-state index contributed by atoms with van der Waals surface area (Å²) in [6.07, 6.45) is 0. The zero-order valence-electron chi connectivity index (χ0n) is 7.57. The van der Waals surface area contributed by atoms with Crippen LogP contribution in [0.15, 0.2) is 12.1 Å². The second-order valence-electron chi connectivity index (χ2n) is 2.65. The van der Waals surface area contributed by atoms with Gasteiger partial charge in [-0.3, -0.25) is 0 Å². The Morgan fingerprint density at radius 1 is 1.43 bits per heavy atom. The van der Waals surface area contributed by atoms with E-state index in [1.54, 1.807) is 6.92 Å². The number of halogens is 1. The van der Waals surface area contributed by atoms with Crippen LogP contribution >= 0.6 is 0 Å². The van der Waals surface area contributed by atoms with Crippen LogP contribution in [0, 0.1) is 5.82 Å². The van der Waals surface area contributed by atoms with Gasteiger partial charge in [0.05, 0.1) is 6.61 Å². The first kappa shape index (κ1) is 10.8. The third-order valence-corrected chi connectivity index (χ3v) is 1.64. The molecule has 1 aromatic carbocycles. The van der Waals surface area contributed by atoms with Crippen LogP contribution in [0.25, 0.3) is 0 Å². The van der Waals surface area contributed by atoms with Crippen LogP contribution in [-0.2, 0) is 0 Å². The summed E-state index contributed by atoms with van der Waals surface area (Å²) in [5.41, 5.74) is -0.409. The van der Waals surface area contributed by atoms with E-state index in [4.69, 9.17) is 19.9 Å². The standard InChI is InChI=1S/C8H10BFO4/c1-2-14-5-3-6(9(12)13)8(10)7(11)4-5/h3-4,11-13H,2H2,1H3. The summed E-state index contributed by atoms with van der Waals surface area (Å²) in [5, 5.41) is 26.6. The average molecular weight is 200 g/mol. The van der Waals surface area contributed by atoms with Gasteiger partial charge < -0.3 is 19.9 Å². The molecule has 0 unspecified atom stereocenters. The van der Waals surface area contributed by atoms with Crippen LogP contribution in [0.5, 0.6) is 11.5 Å². The van der Waals surface area contributed by atoms with E-state index in [0.717, 1.165) is 12.1 Å². The highest BCUT2D eigenvalue weighted by atomic mass is 19.1. The molecule has 0 saturated carbocycles. The number of hydrogen-bond acceptors (Lipinski definition) is 4. The molecular weight excluding hydrogens is 190 g/mol. The fraction of sp³-hybridized carbons (Fsp3) is 0.250. The minimum Gasteiger partial charge on any atom is -0.505 e. The zero-order valence-corrected chi connectivity index (χ0v) is 7.57. The highest BCUT2D eigenvalue weighted by Crippen LogP contribution is 2.20. The third-order valence-electron chi connectivity index (χ3n) is 1.64. The smallest absolute Gasteiger partial charge is 0.491 e. The van der Waals surface area contributed by atoms with Gasteiger partial charge in [-0.2, -0.15) is 0 Å². The van der Waals surface area contributed by atoms with E-state index >= 15 is 0 Å². The Bertz CT molecular complexity index is 329. The molecule has 0 saturated heterocycles. The summed E-state index contributed by atoms with van der Waals surface area (Å²) in [4.78, 5) is 0. The Labute approximate surface area is 80.7 Å². The number of hydrogen-bond donors (Lipinski definition) is 3. The molecule has 4 nitrogen and oxygen atoms in total. The number of phenols is 1. The average Bonchev–Trinajstić information content (AvgIpc) is 2.11. The van der Waals surface area contributed by atoms with Crippen molar-refractivity contribution in [1.29, 1.82) is 0 Å². The molecule has 0 amide bonds. The maximum atomic E-state index is 13.0. The molecule has 0 heterocycles. The molecule has 0 radical (unpaired) electrons. The fourth-order valence-corrected chi connectivity index (χ4v) is 1.04. The SMILES string of the molecule is CCOc1cc(O)c(F)c(B(O)O)c1. The highest BCUT2D eigenvalue weighted by molar-refractivity contribution is 6.58. The van der Waals surface area contributed by atoms with Gasteiger partial charge in [-0.1, -0.05) is 0 Å². The molecule has 0 atom stereocenters. The lowest BCUT2D eigenvalue weighted by Gasteiger charge is -2.08. The van der Waals surface area contributed by atoms with Crippen molar-refractivity contribution in [2.75, 3.05) is 6.61 Å². The number of aromatic hydroxyl groups is 1. The molecule has 6 heteroatoms. The van der Waals surface area contributed by atoms with Gasteiger partial charge in [-0.25, -0.2) is 4.39 Å². The largest absolute Gasteiger partial charge is 0.505 e. The summed E-state index contributed by atoms with van der Waals surface area (Å²) in [6, 6.07) is 2.20. The molecule has 0 bridgehead atoms. The molecule has 14 heavy (non-hydrogen) atoms. The molecule has 0 fully saturated rings. The Hall–Kier alpha value is -1.27. The lowest BCUT2D eigenvalue weighted by Crippen LogP contribution is -2.32. The maximum absolute atomic E-state index is 13.0. The summed E-state index contributed by atoms with van der Waals surface area (Å²) in [5.74, 6) is -1.53. The van der Waals surface area contributed by atoms with Crippen molar-refractivity contribution < 1.29 is 24.3 Å². The van der Waals surface area contributed by atoms with Crippen LogP contribution < -0.4 is 10.2 Å². The number of ether oxygens (including phenoxy) is 1. The molecule has 76 valence electrons. The van der Waals surface area contributed by atoms with Crippen molar-refractivity contribution in [3.8, 4) is 11.5 Å². The van der Waals surface area contributed by atoms with Gasteiger partial charge in [0.25, 0.3) is 0 Å². The lowest BCUT2D eigenvalue weighted by atomic mass is 9.79. The molecule has 0 aliphatic carbocycles. The van der Waals surface area contributed by atoms with Gasteiger partial charge in [-0.15, -0.1) is 0 Å². The Kier molecular flexibility index (Phi) is 3.32. The summed E-state index contributed by atoms with van der Waals surface area (Å²) in [7, 11) is -1.97. The van der Waals surface area contributed by atoms with Crippen molar-refractivity contribution >= 4 is 12.6 Å². The van der Waals surface area contributed by atoms with Gasteiger partial charge >= 0.3 is 7.12 Å².